The molecule has 0 amide bonds. The topological polar surface area (TPSA) is 174 Å². The van der Waals surface area contributed by atoms with Crippen LogP contribution in [0, 0.1) is 20.2 Å². The minimum absolute atomic E-state index is 0.108. The number of non-ortho nitro benzene ring substituents is 2. The highest BCUT2D eigenvalue weighted by molar-refractivity contribution is 7.33. The molecule has 2 atom stereocenters. The van der Waals surface area contributed by atoms with E-state index in [9.17, 15) is 34.4 Å². The summed E-state index contributed by atoms with van der Waals surface area (Å²) >= 11 is 0. The Bertz CT molecular complexity index is 1060. The fourth-order valence-electron chi connectivity index (χ4n) is 2.87. The lowest BCUT2D eigenvalue weighted by Gasteiger charge is -2.05. The molecule has 2 aliphatic rings. The first-order valence-corrected chi connectivity index (χ1v) is 9.13. The fourth-order valence-corrected chi connectivity index (χ4v) is 3.54. The highest BCUT2D eigenvalue weighted by Gasteiger charge is 2.45. The molecular weight excluding hydrogens is 427 g/mol. The summed E-state index contributed by atoms with van der Waals surface area (Å²) in [5, 5.41) is 21.6. The highest BCUT2D eigenvalue weighted by Crippen LogP contribution is 2.45. The van der Waals surface area contributed by atoms with Crippen LogP contribution in [0.15, 0.2) is 36.4 Å². The number of hydrogen-bond acceptors (Lipinski definition) is 11. The summed E-state index contributed by atoms with van der Waals surface area (Å²) in [6.07, 6.45) is -2.91. The van der Waals surface area contributed by atoms with E-state index >= 15 is 0 Å². The van der Waals surface area contributed by atoms with Gasteiger partial charge in [0.2, 0.25) is 0 Å². The number of fused-ring (bicyclic) bond motifs is 2. The van der Waals surface area contributed by atoms with E-state index in [-0.39, 0.29) is 33.6 Å². The molecule has 4 rings (SSSR count). The fraction of sp³-hybridized carbons (Fsp3) is 0.125. The molecule has 0 spiro atoms. The molecule has 0 saturated heterocycles. The summed E-state index contributed by atoms with van der Waals surface area (Å²) < 4.78 is 32.2. The van der Waals surface area contributed by atoms with E-state index in [0.717, 1.165) is 24.3 Å². The summed E-state index contributed by atoms with van der Waals surface area (Å²) in [5.74, 6) is -1.82. The van der Waals surface area contributed by atoms with Crippen LogP contribution in [0.5, 0.6) is 0 Å². The standard InChI is InChI=1S/C16H8N2O11P/c19-13-11-5-7(17(21)22)1-3-9(11)15(26-13)28-30(25)29-16-10-4-2-8(18(23)24)6-12(10)14(20)27-16/h1-6,15-16H/q+1. The Labute approximate surface area is 166 Å². The van der Waals surface area contributed by atoms with Crippen molar-refractivity contribution < 1.29 is 42.5 Å². The van der Waals surface area contributed by atoms with Crippen molar-refractivity contribution in [1.29, 1.82) is 0 Å². The molecule has 2 aromatic rings. The minimum Gasteiger partial charge on any atom is -0.423 e. The number of benzene rings is 2. The van der Waals surface area contributed by atoms with Crippen molar-refractivity contribution >= 4 is 31.6 Å². The minimum atomic E-state index is -3.00. The van der Waals surface area contributed by atoms with E-state index < -0.39 is 42.6 Å². The monoisotopic (exact) mass is 435 g/mol. The van der Waals surface area contributed by atoms with Gasteiger partial charge in [-0.2, -0.15) is 0 Å². The first kappa shape index (κ1) is 19.5. The van der Waals surface area contributed by atoms with Crippen LogP contribution < -0.4 is 0 Å². The van der Waals surface area contributed by atoms with Gasteiger partial charge in [-0.3, -0.25) is 20.2 Å². The largest absolute Gasteiger partial charge is 0.705 e. The van der Waals surface area contributed by atoms with Gasteiger partial charge in [-0.15, -0.1) is 0 Å². The molecule has 2 heterocycles. The van der Waals surface area contributed by atoms with Crippen LogP contribution in [0.25, 0.3) is 0 Å². The van der Waals surface area contributed by atoms with Crippen molar-refractivity contribution in [3.05, 3.63) is 78.9 Å². The number of carbonyl (C=O) groups excluding carboxylic acids is 2. The van der Waals surface area contributed by atoms with Gasteiger partial charge in [-0.25, -0.2) is 9.59 Å². The van der Waals surface area contributed by atoms with Crippen LogP contribution >= 0.6 is 8.25 Å². The van der Waals surface area contributed by atoms with Gasteiger partial charge >= 0.3 is 20.2 Å². The Kier molecular flexibility index (Phi) is 4.70. The van der Waals surface area contributed by atoms with Crippen LogP contribution in [0.4, 0.5) is 11.4 Å². The average molecular weight is 435 g/mol. The summed E-state index contributed by atoms with van der Waals surface area (Å²) in [7, 11) is -3.00. The molecule has 2 aliphatic heterocycles. The number of cyclic esters (lactones) is 2. The smallest absolute Gasteiger partial charge is 0.423 e. The molecule has 0 aromatic heterocycles. The molecule has 14 heteroatoms. The zero-order valence-electron chi connectivity index (χ0n) is 14.5. The second-order valence-corrected chi connectivity index (χ2v) is 6.84. The molecule has 2 aromatic carbocycles. The maximum absolute atomic E-state index is 12.2. The average Bonchev–Trinajstić information content (AvgIpc) is 3.18. The first-order chi connectivity index (χ1) is 14.2. The van der Waals surface area contributed by atoms with Gasteiger partial charge in [0, 0.05) is 40.0 Å². The Morgan fingerprint density at radius 1 is 0.800 bits per heavy atom. The molecular formula is C16H8N2O11P+. The zero-order valence-corrected chi connectivity index (χ0v) is 15.3. The van der Waals surface area contributed by atoms with E-state index in [1.165, 1.54) is 12.1 Å². The molecule has 0 aliphatic carbocycles. The molecule has 0 bridgehead atoms. The Hall–Kier alpha value is -3.80. The molecule has 30 heavy (non-hydrogen) atoms. The first-order valence-electron chi connectivity index (χ1n) is 8.04. The zero-order chi connectivity index (χ0) is 21.6. The van der Waals surface area contributed by atoms with Gasteiger partial charge in [0.05, 0.1) is 21.0 Å². The molecule has 0 fully saturated rings. The molecule has 13 nitrogen and oxygen atoms in total. The maximum atomic E-state index is 12.2. The molecule has 0 radical (unpaired) electrons. The predicted octanol–water partition coefficient (Wildman–Crippen LogP) is 3.23. The molecule has 152 valence electrons. The lowest BCUT2D eigenvalue weighted by atomic mass is 10.1. The van der Waals surface area contributed by atoms with Crippen molar-refractivity contribution in [3.8, 4) is 0 Å². The number of rotatable bonds is 6. The lowest BCUT2D eigenvalue weighted by molar-refractivity contribution is -0.385. The van der Waals surface area contributed by atoms with Crippen molar-refractivity contribution in [1.82, 2.24) is 0 Å². The van der Waals surface area contributed by atoms with Crippen LogP contribution in [0.3, 0.4) is 0 Å². The Morgan fingerprint density at radius 2 is 1.20 bits per heavy atom. The van der Waals surface area contributed by atoms with Crippen LogP contribution in [-0.2, 0) is 23.1 Å². The third-order valence-corrected chi connectivity index (χ3v) is 4.96. The van der Waals surface area contributed by atoms with Crippen molar-refractivity contribution in [2.24, 2.45) is 0 Å². The molecule has 0 saturated carbocycles. The van der Waals surface area contributed by atoms with E-state index in [1.54, 1.807) is 0 Å². The number of carbonyl (C=O) groups is 2. The van der Waals surface area contributed by atoms with Gasteiger partial charge in [0.15, 0.2) is 0 Å². The predicted molar refractivity (Wildman–Crippen MR) is 92.3 cm³/mol. The highest BCUT2D eigenvalue weighted by atomic mass is 31.1. The van der Waals surface area contributed by atoms with Crippen molar-refractivity contribution in [2.45, 2.75) is 12.6 Å². The number of nitrogens with zero attached hydrogens (tertiary/aromatic N) is 2. The SMILES string of the molecule is O=C1OC(O[P+](=O)OC2OC(=O)c3cc([N+](=O)[O-])ccc32)c2ccc([N+](=O)[O-])cc21. The van der Waals surface area contributed by atoms with Gasteiger partial charge in [-0.1, -0.05) is 9.05 Å². The van der Waals surface area contributed by atoms with E-state index in [1.807, 2.05) is 0 Å². The van der Waals surface area contributed by atoms with Gasteiger partial charge in [0.1, 0.15) is 0 Å². The normalized spacial score (nSPS) is 19.5. The second kappa shape index (κ2) is 7.22. The third-order valence-electron chi connectivity index (χ3n) is 4.23. The number of nitro groups is 2. The van der Waals surface area contributed by atoms with E-state index in [2.05, 4.69) is 0 Å². The van der Waals surface area contributed by atoms with Gasteiger partial charge in [0.25, 0.3) is 24.0 Å². The maximum Gasteiger partial charge on any atom is 0.705 e. The lowest BCUT2D eigenvalue weighted by Crippen LogP contribution is -2.03. The number of esters is 2. The van der Waals surface area contributed by atoms with Crippen LogP contribution in [-0.4, -0.2) is 21.8 Å². The summed E-state index contributed by atoms with van der Waals surface area (Å²) in [6.45, 7) is 0. The summed E-state index contributed by atoms with van der Waals surface area (Å²) in [5.41, 5.74) is -0.704. The van der Waals surface area contributed by atoms with Crippen LogP contribution in [0.2, 0.25) is 0 Å². The summed E-state index contributed by atoms with van der Waals surface area (Å²) in [4.78, 5) is 44.0. The van der Waals surface area contributed by atoms with E-state index in [0.29, 0.717) is 0 Å². The van der Waals surface area contributed by atoms with Crippen molar-refractivity contribution in [3.63, 3.8) is 0 Å². The molecule has 2 unspecified atom stereocenters. The van der Waals surface area contributed by atoms with Crippen LogP contribution in [0.1, 0.15) is 44.4 Å². The Balaban J connectivity index is 1.49. The third kappa shape index (κ3) is 3.37. The Morgan fingerprint density at radius 3 is 1.57 bits per heavy atom. The number of hydrogen-bond donors (Lipinski definition) is 0. The molecule has 0 N–H and O–H groups in total. The van der Waals surface area contributed by atoms with E-state index in [4.69, 9.17) is 18.5 Å². The van der Waals surface area contributed by atoms with Gasteiger partial charge in [-0.05, 0) is 12.1 Å². The van der Waals surface area contributed by atoms with Crippen molar-refractivity contribution in [2.75, 3.05) is 0 Å². The van der Waals surface area contributed by atoms with Gasteiger partial charge < -0.3 is 9.47 Å². The number of nitro benzene ring substituents is 2. The second-order valence-electron chi connectivity index (χ2n) is 5.97. The number of ether oxygens (including phenoxy) is 2. The summed E-state index contributed by atoms with van der Waals surface area (Å²) in [6, 6.07) is 6.67. The quantitative estimate of drug-likeness (QED) is 0.282.